The molecule has 0 aliphatic heterocycles. The van der Waals surface area contributed by atoms with E-state index in [1.807, 2.05) is 37.4 Å². The van der Waals surface area contributed by atoms with Crippen molar-refractivity contribution < 1.29 is 0 Å². The molecule has 1 rings (SSSR count). The highest BCUT2D eigenvalue weighted by Gasteiger charge is 2.05. The van der Waals surface area contributed by atoms with E-state index in [9.17, 15) is 0 Å². The summed E-state index contributed by atoms with van der Waals surface area (Å²) in [7, 11) is 0. The van der Waals surface area contributed by atoms with E-state index >= 15 is 0 Å². The van der Waals surface area contributed by atoms with E-state index in [2.05, 4.69) is 23.0 Å². The van der Waals surface area contributed by atoms with Gasteiger partial charge in [-0.2, -0.15) is 0 Å². The smallest absolute Gasteiger partial charge is 0.0569 e. The minimum absolute atomic E-state index is 0.0266. The first-order valence-corrected chi connectivity index (χ1v) is 5.37. The molecule has 0 amide bonds. The summed E-state index contributed by atoms with van der Waals surface area (Å²) in [5.74, 6) is 0. The van der Waals surface area contributed by atoms with Crippen molar-refractivity contribution in [1.82, 2.24) is 4.98 Å². The summed E-state index contributed by atoms with van der Waals surface area (Å²) < 4.78 is 0. The quantitative estimate of drug-likeness (QED) is 0.743. The maximum Gasteiger partial charge on any atom is 0.0569 e. The lowest BCUT2D eigenvalue weighted by Gasteiger charge is -2.21. The van der Waals surface area contributed by atoms with Crippen LogP contribution in [0.5, 0.6) is 0 Å². The highest BCUT2D eigenvalue weighted by Crippen LogP contribution is 2.15. The van der Waals surface area contributed by atoms with Crippen LogP contribution in [0.4, 0.5) is 5.69 Å². The first-order chi connectivity index (χ1) is 7.69. The number of hydrogen-bond donors (Lipinski definition) is 1. The Labute approximate surface area is 97.3 Å². The Morgan fingerprint density at radius 1 is 1.38 bits per heavy atom. The Balaban J connectivity index is 2.84. The molecule has 0 spiro atoms. The first kappa shape index (κ1) is 12.5. The van der Waals surface area contributed by atoms with Gasteiger partial charge in [0.25, 0.3) is 0 Å². The normalized spacial score (nSPS) is 11.9. The second-order valence-electron chi connectivity index (χ2n) is 3.71. The highest BCUT2D eigenvalue weighted by atomic mass is 15.1. The molecule has 16 heavy (non-hydrogen) atoms. The summed E-state index contributed by atoms with van der Waals surface area (Å²) in [6, 6.07) is 3.96. The van der Waals surface area contributed by atoms with Crippen molar-refractivity contribution in [1.29, 1.82) is 0 Å². The fraction of sp³-hybridized carbons (Fsp3) is 0.308. The van der Waals surface area contributed by atoms with E-state index in [-0.39, 0.29) is 6.04 Å². The number of pyridine rings is 1. The monoisotopic (exact) mass is 217 g/mol. The van der Waals surface area contributed by atoms with E-state index in [1.54, 1.807) is 0 Å². The first-order valence-electron chi connectivity index (χ1n) is 5.37. The molecule has 0 saturated heterocycles. The zero-order valence-electron chi connectivity index (χ0n) is 9.76. The van der Waals surface area contributed by atoms with Crippen LogP contribution in [0.2, 0.25) is 0 Å². The van der Waals surface area contributed by atoms with Crippen LogP contribution in [0, 0.1) is 0 Å². The second-order valence-corrected chi connectivity index (χ2v) is 3.71. The van der Waals surface area contributed by atoms with Gasteiger partial charge in [-0.05, 0) is 19.1 Å². The fourth-order valence-corrected chi connectivity index (χ4v) is 1.45. The average Bonchev–Trinajstić information content (AvgIpc) is 2.29. The van der Waals surface area contributed by atoms with Gasteiger partial charge in [-0.3, -0.25) is 4.98 Å². The van der Waals surface area contributed by atoms with Crippen LogP contribution in [0.1, 0.15) is 18.7 Å². The molecule has 0 aliphatic carbocycles. The SMILES string of the molecule is C=CCN(CC=C)c1ccc(C(C)N)nc1. The van der Waals surface area contributed by atoms with Crippen molar-refractivity contribution in [3.8, 4) is 0 Å². The number of rotatable bonds is 6. The van der Waals surface area contributed by atoms with E-state index in [1.165, 1.54) is 0 Å². The van der Waals surface area contributed by atoms with Crippen LogP contribution in [0.3, 0.4) is 0 Å². The average molecular weight is 217 g/mol. The van der Waals surface area contributed by atoms with Crippen LogP contribution >= 0.6 is 0 Å². The Kier molecular flexibility index (Phi) is 4.73. The van der Waals surface area contributed by atoms with Gasteiger partial charge in [0.2, 0.25) is 0 Å². The third-order valence-corrected chi connectivity index (χ3v) is 2.30. The van der Waals surface area contributed by atoms with Crippen LogP contribution in [-0.2, 0) is 0 Å². The Morgan fingerprint density at radius 3 is 2.38 bits per heavy atom. The standard InChI is InChI=1S/C13H19N3/c1-4-8-16(9-5-2)12-6-7-13(11(3)14)15-10-12/h4-7,10-11H,1-2,8-9,14H2,3H3. The van der Waals surface area contributed by atoms with Crippen molar-refractivity contribution in [2.75, 3.05) is 18.0 Å². The Hall–Kier alpha value is -1.61. The molecule has 0 radical (unpaired) electrons. The van der Waals surface area contributed by atoms with Gasteiger partial charge in [0.1, 0.15) is 0 Å². The molecule has 2 N–H and O–H groups in total. The number of anilines is 1. The van der Waals surface area contributed by atoms with Crippen molar-refractivity contribution in [3.05, 3.63) is 49.3 Å². The molecular weight excluding hydrogens is 198 g/mol. The molecule has 1 heterocycles. The van der Waals surface area contributed by atoms with Crippen molar-refractivity contribution >= 4 is 5.69 Å². The van der Waals surface area contributed by atoms with Crippen molar-refractivity contribution in [2.24, 2.45) is 5.73 Å². The van der Waals surface area contributed by atoms with E-state index < -0.39 is 0 Å². The maximum atomic E-state index is 5.75. The molecule has 86 valence electrons. The molecule has 1 atom stereocenters. The lowest BCUT2D eigenvalue weighted by atomic mass is 10.2. The van der Waals surface area contributed by atoms with Crippen molar-refractivity contribution in [2.45, 2.75) is 13.0 Å². The van der Waals surface area contributed by atoms with Crippen LogP contribution < -0.4 is 10.6 Å². The molecule has 0 aromatic carbocycles. The predicted molar refractivity (Wildman–Crippen MR) is 69.4 cm³/mol. The highest BCUT2D eigenvalue weighted by molar-refractivity contribution is 5.46. The van der Waals surface area contributed by atoms with Gasteiger partial charge in [-0.15, -0.1) is 13.2 Å². The molecule has 0 fully saturated rings. The summed E-state index contributed by atoms with van der Waals surface area (Å²) in [6.45, 7) is 11.0. The second kappa shape index (κ2) is 6.08. The van der Waals surface area contributed by atoms with Gasteiger partial charge in [0.15, 0.2) is 0 Å². The summed E-state index contributed by atoms with van der Waals surface area (Å²) in [6.07, 6.45) is 5.57. The van der Waals surface area contributed by atoms with Gasteiger partial charge in [-0.1, -0.05) is 12.2 Å². The van der Waals surface area contributed by atoms with Crippen molar-refractivity contribution in [3.63, 3.8) is 0 Å². The number of aromatic nitrogens is 1. The topological polar surface area (TPSA) is 42.1 Å². The lowest BCUT2D eigenvalue weighted by Crippen LogP contribution is -2.23. The fourth-order valence-electron chi connectivity index (χ4n) is 1.45. The lowest BCUT2D eigenvalue weighted by molar-refractivity contribution is 0.779. The molecule has 1 aromatic heterocycles. The van der Waals surface area contributed by atoms with Gasteiger partial charge in [0, 0.05) is 19.1 Å². The summed E-state index contributed by atoms with van der Waals surface area (Å²) in [5.41, 5.74) is 7.71. The van der Waals surface area contributed by atoms with Gasteiger partial charge < -0.3 is 10.6 Å². The van der Waals surface area contributed by atoms with Crippen LogP contribution in [0.15, 0.2) is 43.6 Å². The maximum absolute atomic E-state index is 5.75. The predicted octanol–water partition coefficient (Wildman–Crippen LogP) is 2.28. The number of nitrogens with zero attached hydrogens (tertiary/aromatic N) is 2. The summed E-state index contributed by atoms with van der Waals surface area (Å²) in [4.78, 5) is 6.47. The molecule has 0 saturated carbocycles. The minimum atomic E-state index is -0.0266. The van der Waals surface area contributed by atoms with Gasteiger partial charge in [-0.25, -0.2) is 0 Å². The molecule has 3 nitrogen and oxygen atoms in total. The Morgan fingerprint density at radius 2 is 2.00 bits per heavy atom. The molecule has 1 aromatic rings. The third kappa shape index (κ3) is 3.21. The van der Waals surface area contributed by atoms with E-state index in [0.29, 0.717) is 0 Å². The number of hydrogen-bond acceptors (Lipinski definition) is 3. The van der Waals surface area contributed by atoms with Gasteiger partial charge >= 0.3 is 0 Å². The zero-order chi connectivity index (χ0) is 12.0. The largest absolute Gasteiger partial charge is 0.363 e. The van der Waals surface area contributed by atoms with Crippen LogP contribution in [0.25, 0.3) is 0 Å². The van der Waals surface area contributed by atoms with E-state index in [4.69, 9.17) is 5.73 Å². The molecule has 0 aliphatic rings. The summed E-state index contributed by atoms with van der Waals surface area (Å²) in [5, 5.41) is 0. The Bertz CT molecular complexity index is 331. The summed E-state index contributed by atoms with van der Waals surface area (Å²) >= 11 is 0. The zero-order valence-corrected chi connectivity index (χ0v) is 9.76. The third-order valence-electron chi connectivity index (χ3n) is 2.30. The van der Waals surface area contributed by atoms with Gasteiger partial charge in [0.05, 0.1) is 17.6 Å². The number of nitrogens with two attached hydrogens (primary N) is 1. The molecule has 0 bridgehead atoms. The minimum Gasteiger partial charge on any atom is -0.363 e. The molecular formula is C13H19N3. The molecule has 1 unspecified atom stereocenters. The van der Waals surface area contributed by atoms with E-state index in [0.717, 1.165) is 24.5 Å². The molecule has 3 heteroatoms. The van der Waals surface area contributed by atoms with Crippen LogP contribution in [-0.4, -0.2) is 18.1 Å².